The number of hydrazone groups is 1. The van der Waals surface area contributed by atoms with Gasteiger partial charge >= 0.3 is 0 Å². The summed E-state index contributed by atoms with van der Waals surface area (Å²) < 4.78 is 5.51. The molecule has 0 saturated heterocycles. The van der Waals surface area contributed by atoms with Crippen molar-refractivity contribution in [2.45, 2.75) is 20.0 Å². The number of halogens is 2. The Bertz CT molecular complexity index is 761. The second-order valence-electron chi connectivity index (χ2n) is 5.05. The van der Waals surface area contributed by atoms with Crippen LogP contribution in [0.15, 0.2) is 47.6 Å². The second-order valence-corrected chi connectivity index (χ2v) is 5.90. The maximum absolute atomic E-state index is 12.1. The molecule has 0 unspecified atom stereocenters. The summed E-state index contributed by atoms with van der Waals surface area (Å²) in [4.78, 5) is 12.1. The topological polar surface area (TPSA) is 70.9 Å². The third kappa shape index (κ3) is 4.88. The van der Waals surface area contributed by atoms with Gasteiger partial charge in [-0.25, -0.2) is 5.43 Å². The molecule has 0 bridgehead atoms. The van der Waals surface area contributed by atoms with E-state index in [9.17, 15) is 9.90 Å². The lowest BCUT2D eigenvalue weighted by Gasteiger charge is -2.14. The minimum absolute atomic E-state index is 0.164. The lowest BCUT2D eigenvalue weighted by molar-refractivity contribution is -0.127. The summed E-state index contributed by atoms with van der Waals surface area (Å²) >= 11 is 11.8. The average molecular weight is 367 g/mol. The first-order chi connectivity index (χ1) is 11.4. The molecule has 0 aliphatic carbocycles. The summed E-state index contributed by atoms with van der Waals surface area (Å²) in [5.41, 5.74) is 3.82. The minimum atomic E-state index is -0.792. The molecular formula is C17H16Cl2N2O3. The van der Waals surface area contributed by atoms with Crippen LogP contribution in [0.3, 0.4) is 0 Å². The van der Waals surface area contributed by atoms with Gasteiger partial charge in [-0.3, -0.25) is 4.79 Å². The van der Waals surface area contributed by atoms with Crippen LogP contribution in [0.2, 0.25) is 10.0 Å². The van der Waals surface area contributed by atoms with Gasteiger partial charge in [-0.05, 0) is 61.9 Å². The standard InChI is InChI=1S/C17H16Cl2N2O3/c1-10(12-3-6-14(22)7-4-12)20-21-17(23)11(2)24-16-8-5-13(18)9-15(16)19/h3-9,11,22H,1-2H3,(H,21,23)/b20-10+/t11-/m1/s1. The van der Waals surface area contributed by atoms with E-state index in [2.05, 4.69) is 10.5 Å². The Kier molecular flexibility index (Phi) is 6.06. The van der Waals surface area contributed by atoms with Crippen LogP contribution in [0.1, 0.15) is 19.4 Å². The number of carbonyl (C=O) groups is 1. The summed E-state index contributed by atoms with van der Waals surface area (Å²) in [5.74, 6) is 0.111. The Balaban J connectivity index is 1.98. The number of nitrogens with one attached hydrogen (secondary N) is 1. The third-order valence-electron chi connectivity index (χ3n) is 3.19. The zero-order valence-corrected chi connectivity index (χ0v) is 14.6. The predicted octanol–water partition coefficient (Wildman–Crippen LogP) is 4.01. The van der Waals surface area contributed by atoms with Gasteiger partial charge in [-0.2, -0.15) is 5.10 Å². The van der Waals surface area contributed by atoms with E-state index >= 15 is 0 Å². The molecule has 1 atom stereocenters. The molecule has 0 heterocycles. The number of phenols is 1. The number of hydrogen-bond donors (Lipinski definition) is 2. The van der Waals surface area contributed by atoms with Gasteiger partial charge in [0.25, 0.3) is 5.91 Å². The van der Waals surface area contributed by atoms with Crippen molar-refractivity contribution in [3.05, 3.63) is 58.1 Å². The number of amides is 1. The molecule has 2 aromatic carbocycles. The Labute approximate surface area is 149 Å². The molecule has 1 amide bonds. The molecule has 0 spiro atoms. The molecule has 5 nitrogen and oxygen atoms in total. The van der Waals surface area contributed by atoms with Crippen molar-refractivity contribution in [1.82, 2.24) is 5.43 Å². The van der Waals surface area contributed by atoms with Crippen LogP contribution in [0, 0.1) is 0 Å². The van der Waals surface area contributed by atoms with Gasteiger partial charge in [0.05, 0.1) is 10.7 Å². The maximum Gasteiger partial charge on any atom is 0.280 e. The first-order valence-electron chi connectivity index (χ1n) is 7.12. The maximum atomic E-state index is 12.1. The molecule has 7 heteroatoms. The van der Waals surface area contributed by atoms with Crippen molar-refractivity contribution in [2.24, 2.45) is 5.10 Å². The number of ether oxygens (including phenoxy) is 1. The van der Waals surface area contributed by atoms with E-state index in [1.807, 2.05) is 0 Å². The normalized spacial score (nSPS) is 12.6. The fourth-order valence-corrected chi connectivity index (χ4v) is 2.26. The van der Waals surface area contributed by atoms with E-state index in [-0.39, 0.29) is 5.75 Å². The molecule has 126 valence electrons. The number of benzene rings is 2. The highest BCUT2D eigenvalue weighted by Gasteiger charge is 2.16. The Hall–Kier alpha value is -2.24. The Morgan fingerprint density at radius 1 is 1.21 bits per heavy atom. The number of nitrogens with zero attached hydrogens (tertiary/aromatic N) is 1. The molecule has 24 heavy (non-hydrogen) atoms. The van der Waals surface area contributed by atoms with Crippen LogP contribution < -0.4 is 10.2 Å². The third-order valence-corrected chi connectivity index (χ3v) is 3.72. The largest absolute Gasteiger partial charge is 0.508 e. The highest BCUT2D eigenvalue weighted by molar-refractivity contribution is 6.35. The smallest absolute Gasteiger partial charge is 0.280 e. The van der Waals surface area contributed by atoms with Crippen LogP contribution in [-0.2, 0) is 4.79 Å². The number of hydrogen-bond acceptors (Lipinski definition) is 4. The molecule has 0 aliphatic rings. The van der Waals surface area contributed by atoms with Crippen molar-refractivity contribution in [3.8, 4) is 11.5 Å². The quantitative estimate of drug-likeness (QED) is 0.620. The predicted molar refractivity (Wildman–Crippen MR) is 95.0 cm³/mol. The summed E-state index contributed by atoms with van der Waals surface area (Å²) in [6, 6.07) is 11.3. The number of carbonyl (C=O) groups excluding carboxylic acids is 1. The van der Waals surface area contributed by atoms with Gasteiger partial charge in [-0.1, -0.05) is 23.2 Å². The second kappa shape index (κ2) is 8.04. The minimum Gasteiger partial charge on any atom is -0.508 e. The molecular weight excluding hydrogens is 351 g/mol. The van der Waals surface area contributed by atoms with Gasteiger partial charge in [0.2, 0.25) is 0 Å². The first kappa shape index (κ1) is 18.1. The monoisotopic (exact) mass is 366 g/mol. The number of rotatable bonds is 5. The zero-order chi connectivity index (χ0) is 17.7. The summed E-state index contributed by atoms with van der Waals surface area (Å²) in [6.45, 7) is 3.33. The van der Waals surface area contributed by atoms with Gasteiger partial charge in [0.1, 0.15) is 11.5 Å². The number of phenolic OH excluding ortho intramolecular Hbond substituents is 1. The Morgan fingerprint density at radius 3 is 2.50 bits per heavy atom. The van der Waals surface area contributed by atoms with E-state index in [0.29, 0.717) is 21.5 Å². The van der Waals surface area contributed by atoms with Crippen molar-refractivity contribution in [3.63, 3.8) is 0 Å². The molecule has 2 N–H and O–H groups in total. The molecule has 2 rings (SSSR count). The van der Waals surface area contributed by atoms with E-state index in [0.717, 1.165) is 5.56 Å². The van der Waals surface area contributed by atoms with Gasteiger partial charge < -0.3 is 9.84 Å². The van der Waals surface area contributed by atoms with E-state index in [4.69, 9.17) is 27.9 Å². The molecule has 2 aromatic rings. The molecule has 0 saturated carbocycles. The lowest BCUT2D eigenvalue weighted by Crippen LogP contribution is -2.34. The molecule has 0 aromatic heterocycles. The zero-order valence-electron chi connectivity index (χ0n) is 13.1. The molecule has 0 radical (unpaired) electrons. The molecule has 0 aliphatic heterocycles. The highest BCUT2D eigenvalue weighted by Crippen LogP contribution is 2.28. The van der Waals surface area contributed by atoms with E-state index < -0.39 is 12.0 Å². The summed E-state index contributed by atoms with van der Waals surface area (Å²) in [7, 11) is 0. The van der Waals surface area contributed by atoms with Gasteiger partial charge in [-0.15, -0.1) is 0 Å². The van der Waals surface area contributed by atoms with Crippen molar-refractivity contribution < 1.29 is 14.6 Å². The van der Waals surface area contributed by atoms with Crippen LogP contribution in [0.4, 0.5) is 0 Å². The van der Waals surface area contributed by atoms with Gasteiger partial charge in [0, 0.05) is 5.02 Å². The van der Waals surface area contributed by atoms with E-state index in [1.54, 1.807) is 50.2 Å². The SMILES string of the molecule is C/C(=N\NC(=O)[C@@H](C)Oc1ccc(Cl)cc1Cl)c1ccc(O)cc1. The van der Waals surface area contributed by atoms with Crippen LogP contribution >= 0.6 is 23.2 Å². The molecule has 0 fully saturated rings. The summed E-state index contributed by atoms with van der Waals surface area (Å²) in [6.07, 6.45) is -0.792. The first-order valence-corrected chi connectivity index (χ1v) is 7.87. The van der Waals surface area contributed by atoms with Crippen LogP contribution in [-0.4, -0.2) is 22.8 Å². The lowest BCUT2D eigenvalue weighted by atomic mass is 10.1. The fraction of sp³-hybridized carbons (Fsp3) is 0.176. The van der Waals surface area contributed by atoms with Gasteiger partial charge in [0.15, 0.2) is 6.10 Å². The highest BCUT2D eigenvalue weighted by atomic mass is 35.5. The Morgan fingerprint density at radius 2 is 1.88 bits per heavy atom. The fourth-order valence-electron chi connectivity index (χ4n) is 1.81. The summed E-state index contributed by atoms with van der Waals surface area (Å²) in [5, 5.41) is 14.1. The number of aromatic hydroxyl groups is 1. The van der Waals surface area contributed by atoms with Crippen LogP contribution in [0.5, 0.6) is 11.5 Å². The average Bonchev–Trinajstić information content (AvgIpc) is 2.55. The van der Waals surface area contributed by atoms with E-state index in [1.165, 1.54) is 6.07 Å². The van der Waals surface area contributed by atoms with Crippen molar-refractivity contribution in [2.75, 3.05) is 0 Å². The van der Waals surface area contributed by atoms with Crippen LogP contribution in [0.25, 0.3) is 0 Å². The van der Waals surface area contributed by atoms with Crippen molar-refractivity contribution in [1.29, 1.82) is 0 Å². The van der Waals surface area contributed by atoms with Crippen molar-refractivity contribution >= 4 is 34.8 Å².